The molecule has 136 valence electrons. The maximum atomic E-state index is 12.5. The van der Waals surface area contributed by atoms with Crippen molar-refractivity contribution >= 4 is 11.8 Å². The lowest BCUT2D eigenvalue weighted by Crippen LogP contribution is -2.36. The highest BCUT2D eigenvalue weighted by atomic mass is 16.5. The van der Waals surface area contributed by atoms with Gasteiger partial charge in [-0.1, -0.05) is 48.5 Å². The average molecular weight is 352 g/mol. The lowest BCUT2D eigenvalue weighted by molar-refractivity contribution is -0.122. The van der Waals surface area contributed by atoms with Gasteiger partial charge in [0.05, 0.1) is 18.6 Å². The maximum Gasteiger partial charge on any atom is 0.251 e. The molecule has 0 bridgehead atoms. The van der Waals surface area contributed by atoms with Crippen LogP contribution >= 0.6 is 0 Å². The van der Waals surface area contributed by atoms with Crippen LogP contribution in [0.25, 0.3) is 0 Å². The van der Waals surface area contributed by atoms with E-state index < -0.39 is 0 Å². The van der Waals surface area contributed by atoms with Crippen LogP contribution in [0.1, 0.15) is 41.2 Å². The Kier molecular flexibility index (Phi) is 6.39. The molecule has 0 aromatic heterocycles. The molecule has 2 aromatic carbocycles. The Morgan fingerprint density at radius 3 is 2.38 bits per heavy atom. The van der Waals surface area contributed by atoms with Crippen molar-refractivity contribution in [2.24, 2.45) is 0 Å². The van der Waals surface area contributed by atoms with E-state index in [0.717, 1.165) is 25.0 Å². The summed E-state index contributed by atoms with van der Waals surface area (Å²) in [7, 11) is 0. The van der Waals surface area contributed by atoms with Crippen LogP contribution in [0.4, 0.5) is 0 Å². The molecule has 1 fully saturated rings. The Hall–Kier alpha value is -2.66. The van der Waals surface area contributed by atoms with Gasteiger partial charge < -0.3 is 15.4 Å². The number of carbonyl (C=O) groups is 2. The molecule has 3 rings (SSSR count). The molecule has 1 heterocycles. The molecule has 0 aliphatic carbocycles. The molecular weight excluding hydrogens is 328 g/mol. The standard InChI is InChI=1S/C21H24N2O3/c24-20(22-15-18-12-7-13-26-18)14-19(16-8-3-1-4-9-16)23-21(25)17-10-5-2-6-11-17/h1-6,8-11,18-19H,7,12-15H2,(H,22,24)(H,23,25)/t18-,19-/m1/s1. The molecule has 2 atom stereocenters. The first-order valence-electron chi connectivity index (χ1n) is 9.01. The second kappa shape index (κ2) is 9.15. The first kappa shape index (κ1) is 18.1. The Bertz CT molecular complexity index is 713. The first-order valence-corrected chi connectivity index (χ1v) is 9.01. The Morgan fingerprint density at radius 1 is 1.04 bits per heavy atom. The highest BCUT2D eigenvalue weighted by Gasteiger charge is 2.21. The highest BCUT2D eigenvalue weighted by molar-refractivity contribution is 5.94. The number of ether oxygens (including phenoxy) is 1. The van der Waals surface area contributed by atoms with Crippen LogP contribution in [-0.2, 0) is 9.53 Å². The number of nitrogens with one attached hydrogen (secondary N) is 2. The van der Waals surface area contributed by atoms with E-state index in [0.29, 0.717) is 12.1 Å². The SMILES string of the molecule is O=C(C[C@@H](NC(=O)c1ccccc1)c1ccccc1)NC[C@H]1CCCO1. The lowest BCUT2D eigenvalue weighted by Gasteiger charge is -2.20. The van der Waals surface area contributed by atoms with E-state index >= 15 is 0 Å². The summed E-state index contributed by atoms with van der Waals surface area (Å²) in [5, 5.41) is 5.90. The third-order valence-electron chi connectivity index (χ3n) is 4.48. The van der Waals surface area contributed by atoms with Crippen molar-refractivity contribution in [2.45, 2.75) is 31.4 Å². The van der Waals surface area contributed by atoms with Crippen molar-refractivity contribution in [3.63, 3.8) is 0 Å². The van der Waals surface area contributed by atoms with Crippen molar-refractivity contribution in [3.8, 4) is 0 Å². The summed E-state index contributed by atoms with van der Waals surface area (Å²) in [6, 6.07) is 18.2. The molecule has 1 saturated heterocycles. The normalized spacial score (nSPS) is 17.5. The van der Waals surface area contributed by atoms with Crippen molar-refractivity contribution < 1.29 is 14.3 Å². The molecule has 0 spiro atoms. The zero-order valence-corrected chi connectivity index (χ0v) is 14.7. The fraction of sp³-hybridized carbons (Fsp3) is 0.333. The van der Waals surface area contributed by atoms with Gasteiger partial charge in [-0.2, -0.15) is 0 Å². The van der Waals surface area contributed by atoms with Gasteiger partial charge in [0, 0.05) is 18.7 Å². The molecule has 0 radical (unpaired) electrons. The summed E-state index contributed by atoms with van der Waals surface area (Å²) in [5.74, 6) is -0.283. The van der Waals surface area contributed by atoms with E-state index in [1.807, 2.05) is 48.5 Å². The van der Waals surface area contributed by atoms with Crippen molar-refractivity contribution in [1.82, 2.24) is 10.6 Å². The third-order valence-corrected chi connectivity index (χ3v) is 4.48. The third kappa shape index (κ3) is 5.17. The topological polar surface area (TPSA) is 67.4 Å². The van der Waals surface area contributed by atoms with Gasteiger partial charge in [-0.15, -0.1) is 0 Å². The second-order valence-corrected chi connectivity index (χ2v) is 6.45. The summed E-state index contributed by atoms with van der Waals surface area (Å²) in [6.45, 7) is 1.29. The molecule has 1 aliphatic heterocycles. The van der Waals surface area contributed by atoms with Crippen LogP contribution < -0.4 is 10.6 Å². The zero-order valence-electron chi connectivity index (χ0n) is 14.7. The molecular formula is C21H24N2O3. The minimum atomic E-state index is -0.381. The Morgan fingerprint density at radius 2 is 1.73 bits per heavy atom. The molecule has 5 nitrogen and oxygen atoms in total. The Balaban J connectivity index is 1.63. The molecule has 5 heteroatoms. The molecule has 26 heavy (non-hydrogen) atoms. The largest absolute Gasteiger partial charge is 0.376 e. The Labute approximate surface area is 153 Å². The molecule has 2 aromatic rings. The fourth-order valence-corrected chi connectivity index (χ4v) is 3.06. The van der Waals surface area contributed by atoms with E-state index in [-0.39, 0.29) is 30.4 Å². The predicted octanol–water partition coefficient (Wildman–Crippen LogP) is 2.84. The van der Waals surface area contributed by atoms with Gasteiger partial charge in [-0.3, -0.25) is 9.59 Å². The first-order chi connectivity index (χ1) is 12.7. The van der Waals surface area contributed by atoms with Crippen LogP contribution in [0, 0.1) is 0 Å². The quantitative estimate of drug-likeness (QED) is 0.805. The van der Waals surface area contributed by atoms with E-state index in [2.05, 4.69) is 10.6 Å². The van der Waals surface area contributed by atoms with Gasteiger partial charge in [0.15, 0.2) is 0 Å². The number of carbonyl (C=O) groups excluding carboxylic acids is 2. The van der Waals surface area contributed by atoms with Crippen LogP contribution in [0.2, 0.25) is 0 Å². The zero-order chi connectivity index (χ0) is 18.2. The summed E-state index contributed by atoms with van der Waals surface area (Å²) in [4.78, 5) is 24.9. The van der Waals surface area contributed by atoms with E-state index in [9.17, 15) is 9.59 Å². The fourth-order valence-electron chi connectivity index (χ4n) is 3.06. The number of rotatable bonds is 7. The number of amides is 2. The van der Waals surface area contributed by atoms with E-state index in [1.54, 1.807) is 12.1 Å². The van der Waals surface area contributed by atoms with E-state index in [1.165, 1.54) is 0 Å². The van der Waals surface area contributed by atoms with Gasteiger partial charge in [0.2, 0.25) is 5.91 Å². The predicted molar refractivity (Wildman–Crippen MR) is 99.7 cm³/mol. The average Bonchev–Trinajstić information content (AvgIpc) is 3.21. The molecule has 0 saturated carbocycles. The van der Waals surface area contributed by atoms with Crippen molar-refractivity contribution in [1.29, 1.82) is 0 Å². The molecule has 2 N–H and O–H groups in total. The van der Waals surface area contributed by atoms with Gasteiger partial charge in [-0.25, -0.2) is 0 Å². The molecule has 0 unspecified atom stereocenters. The highest BCUT2D eigenvalue weighted by Crippen LogP contribution is 2.18. The van der Waals surface area contributed by atoms with Crippen molar-refractivity contribution in [2.75, 3.05) is 13.2 Å². The van der Waals surface area contributed by atoms with Gasteiger partial charge in [-0.05, 0) is 30.5 Å². The number of hydrogen-bond donors (Lipinski definition) is 2. The second-order valence-electron chi connectivity index (χ2n) is 6.45. The van der Waals surface area contributed by atoms with Gasteiger partial charge in [0.1, 0.15) is 0 Å². The lowest BCUT2D eigenvalue weighted by atomic mass is 10.0. The van der Waals surface area contributed by atoms with Crippen LogP contribution in [0.3, 0.4) is 0 Å². The minimum absolute atomic E-state index is 0.0947. The number of benzene rings is 2. The van der Waals surface area contributed by atoms with Crippen LogP contribution in [0.5, 0.6) is 0 Å². The summed E-state index contributed by atoms with van der Waals surface area (Å²) in [5.41, 5.74) is 1.48. The van der Waals surface area contributed by atoms with Crippen LogP contribution in [0.15, 0.2) is 60.7 Å². The van der Waals surface area contributed by atoms with E-state index in [4.69, 9.17) is 4.74 Å². The minimum Gasteiger partial charge on any atom is -0.376 e. The molecule has 1 aliphatic rings. The van der Waals surface area contributed by atoms with Crippen LogP contribution in [-0.4, -0.2) is 31.1 Å². The smallest absolute Gasteiger partial charge is 0.251 e. The maximum absolute atomic E-state index is 12.5. The van der Waals surface area contributed by atoms with Crippen molar-refractivity contribution in [3.05, 3.63) is 71.8 Å². The summed E-state index contributed by atoms with van der Waals surface area (Å²) >= 11 is 0. The van der Waals surface area contributed by atoms with Gasteiger partial charge >= 0.3 is 0 Å². The number of hydrogen-bond acceptors (Lipinski definition) is 3. The summed E-state index contributed by atoms with van der Waals surface area (Å²) in [6.07, 6.45) is 2.32. The summed E-state index contributed by atoms with van der Waals surface area (Å²) < 4.78 is 5.53. The monoisotopic (exact) mass is 352 g/mol. The molecule has 2 amide bonds. The van der Waals surface area contributed by atoms with Gasteiger partial charge in [0.25, 0.3) is 5.91 Å².